The van der Waals surface area contributed by atoms with E-state index in [9.17, 15) is 9.59 Å². The number of nitrogen functional groups attached to an aromatic ring is 1. The van der Waals surface area contributed by atoms with Gasteiger partial charge in [-0.3, -0.25) is 4.98 Å². The van der Waals surface area contributed by atoms with Crippen LogP contribution in [0.5, 0.6) is 0 Å². The third-order valence-corrected chi connectivity index (χ3v) is 4.20. The van der Waals surface area contributed by atoms with Crippen molar-refractivity contribution in [1.29, 1.82) is 0 Å². The number of rotatable bonds is 3. The lowest BCUT2D eigenvalue weighted by atomic mass is 9.82. The van der Waals surface area contributed by atoms with Crippen LogP contribution in [0.3, 0.4) is 0 Å². The van der Waals surface area contributed by atoms with Gasteiger partial charge in [-0.15, -0.1) is 0 Å². The smallest absolute Gasteiger partial charge is 0.348 e. The summed E-state index contributed by atoms with van der Waals surface area (Å²) in [5, 5.41) is 3.50. The van der Waals surface area contributed by atoms with Crippen LogP contribution in [0.15, 0.2) is 40.3 Å². The number of H-pyrrole nitrogens is 1. The Balaban J connectivity index is 2.28. The zero-order valence-corrected chi connectivity index (χ0v) is 14.5. The van der Waals surface area contributed by atoms with Crippen molar-refractivity contribution in [3.63, 3.8) is 0 Å². The van der Waals surface area contributed by atoms with Gasteiger partial charge in [0.15, 0.2) is 0 Å². The number of hydrogen-bond donors (Lipinski definition) is 3. The van der Waals surface area contributed by atoms with Gasteiger partial charge in [0, 0.05) is 16.3 Å². The molecule has 0 fully saturated rings. The fraction of sp³-hybridized carbons (Fsp3) is 0.235. The largest absolute Gasteiger partial charge is 0.463 e. The monoisotopic (exact) mass is 360 g/mol. The van der Waals surface area contributed by atoms with Crippen molar-refractivity contribution < 1.29 is 9.53 Å². The van der Waals surface area contributed by atoms with Crippen molar-refractivity contribution in [3.05, 3.63) is 62.2 Å². The number of hydrogen-bond acceptors (Lipinski definition) is 6. The summed E-state index contributed by atoms with van der Waals surface area (Å²) in [5.74, 6) is -0.564. The molecule has 0 bridgehead atoms. The summed E-state index contributed by atoms with van der Waals surface area (Å²) in [7, 11) is 0. The maximum Gasteiger partial charge on any atom is 0.348 e. The minimum Gasteiger partial charge on any atom is -0.463 e. The molecule has 0 radical (unpaired) electrons. The summed E-state index contributed by atoms with van der Waals surface area (Å²) in [6, 6.07) is 7.11. The molecule has 8 heteroatoms. The molecule has 0 saturated heterocycles. The number of allylic oxidation sites excluding steroid dienone is 1. The van der Waals surface area contributed by atoms with Crippen LogP contribution in [0.25, 0.3) is 0 Å². The fourth-order valence-corrected chi connectivity index (χ4v) is 3.19. The van der Waals surface area contributed by atoms with Crippen LogP contribution in [0.2, 0.25) is 5.02 Å². The molecule has 0 spiro atoms. The first-order valence-electron chi connectivity index (χ1n) is 7.72. The maximum atomic E-state index is 12.6. The third-order valence-electron chi connectivity index (χ3n) is 3.96. The average Bonchev–Trinajstić information content (AvgIpc) is 2.53. The van der Waals surface area contributed by atoms with Gasteiger partial charge in [-0.1, -0.05) is 23.7 Å². The van der Waals surface area contributed by atoms with Crippen molar-refractivity contribution in [1.82, 2.24) is 9.97 Å². The average molecular weight is 361 g/mol. The van der Waals surface area contributed by atoms with Crippen molar-refractivity contribution in [2.45, 2.75) is 19.8 Å². The highest BCUT2D eigenvalue weighted by Gasteiger charge is 2.36. The first kappa shape index (κ1) is 17.0. The molecule has 4 N–H and O–H groups in total. The first-order chi connectivity index (χ1) is 11.9. The van der Waals surface area contributed by atoms with E-state index < -0.39 is 17.6 Å². The molecular formula is C17H17ClN4O3. The second-order valence-corrected chi connectivity index (χ2v) is 6.03. The summed E-state index contributed by atoms with van der Waals surface area (Å²) in [5.41, 5.74) is 7.69. The third kappa shape index (κ3) is 3.10. The summed E-state index contributed by atoms with van der Waals surface area (Å²) < 4.78 is 5.21. The van der Waals surface area contributed by atoms with Gasteiger partial charge >= 0.3 is 11.7 Å². The maximum absolute atomic E-state index is 12.6. The van der Waals surface area contributed by atoms with E-state index in [0.29, 0.717) is 27.7 Å². The van der Waals surface area contributed by atoms with Crippen LogP contribution in [0.4, 0.5) is 11.6 Å². The molecule has 1 atom stereocenters. The minimum absolute atomic E-state index is 0.141. The molecule has 1 aliphatic rings. The van der Waals surface area contributed by atoms with Crippen molar-refractivity contribution in [2.75, 3.05) is 17.7 Å². The molecule has 1 unspecified atom stereocenters. The van der Waals surface area contributed by atoms with E-state index in [1.54, 1.807) is 32.0 Å². The summed E-state index contributed by atoms with van der Waals surface area (Å²) in [4.78, 5) is 30.7. The lowest BCUT2D eigenvalue weighted by Crippen LogP contribution is -2.29. The second-order valence-electron chi connectivity index (χ2n) is 5.59. The molecule has 0 aliphatic carbocycles. The highest BCUT2D eigenvalue weighted by Crippen LogP contribution is 2.43. The van der Waals surface area contributed by atoms with E-state index in [2.05, 4.69) is 15.3 Å². The van der Waals surface area contributed by atoms with Gasteiger partial charge in [-0.2, -0.15) is 4.98 Å². The van der Waals surface area contributed by atoms with E-state index >= 15 is 0 Å². The Morgan fingerprint density at radius 2 is 2.20 bits per heavy atom. The number of benzene rings is 1. The minimum atomic E-state index is -0.569. The van der Waals surface area contributed by atoms with Gasteiger partial charge in [0.25, 0.3) is 0 Å². The Hall–Kier alpha value is -2.80. The number of esters is 1. The van der Waals surface area contributed by atoms with Crippen LogP contribution in [0, 0.1) is 0 Å². The van der Waals surface area contributed by atoms with E-state index in [4.69, 9.17) is 22.1 Å². The lowest BCUT2D eigenvalue weighted by molar-refractivity contribution is -0.138. The zero-order valence-electron chi connectivity index (χ0n) is 13.7. The van der Waals surface area contributed by atoms with Gasteiger partial charge in [-0.25, -0.2) is 9.59 Å². The molecule has 1 aliphatic heterocycles. The molecule has 7 nitrogen and oxygen atoms in total. The first-order valence-corrected chi connectivity index (χ1v) is 8.10. The van der Waals surface area contributed by atoms with Crippen LogP contribution >= 0.6 is 11.6 Å². The van der Waals surface area contributed by atoms with Crippen LogP contribution in [0.1, 0.15) is 30.9 Å². The van der Waals surface area contributed by atoms with Gasteiger partial charge in [0.1, 0.15) is 11.6 Å². The number of nitrogens with two attached hydrogens (primary N) is 1. The number of anilines is 2. The van der Waals surface area contributed by atoms with Crippen LogP contribution < -0.4 is 16.7 Å². The Morgan fingerprint density at radius 3 is 2.88 bits per heavy atom. The van der Waals surface area contributed by atoms with Crippen molar-refractivity contribution in [3.8, 4) is 0 Å². The molecule has 0 amide bonds. The predicted molar refractivity (Wildman–Crippen MR) is 95.5 cm³/mol. The molecule has 1 aromatic carbocycles. The van der Waals surface area contributed by atoms with Crippen molar-refractivity contribution in [2.24, 2.45) is 0 Å². The van der Waals surface area contributed by atoms with Gasteiger partial charge < -0.3 is 15.8 Å². The second kappa shape index (κ2) is 6.60. The van der Waals surface area contributed by atoms with Crippen LogP contribution in [-0.4, -0.2) is 22.5 Å². The number of halogens is 1. The number of aromatic nitrogens is 2. The number of carbonyl (C=O) groups excluding carboxylic acids is 1. The summed E-state index contributed by atoms with van der Waals surface area (Å²) in [6.45, 7) is 3.70. The van der Waals surface area contributed by atoms with E-state index in [1.807, 2.05) is 6.07 Å². The van der Waals surface area contributed by atoms with Gasteiger partial charge in [0.2, 0.25) is 0 Å². The van der Waals surface area contributed by atoms with Crippen LogP contribution in [-0.2, 0) is 9.53 Å². The molecule has 2 aromatic rings. The van der Waals surface area contributed by atoms with Gasteiger partial charge in [-0.05, 0) is 31.5 Å². The predicted octanol–water partition coefficient (Wildman–Crippen LogP) is 2.40. The molecule has 25 heavy (non-hydrogen) atoms. The van der Waals surface area contributed by atoms with Crippen molar-refractivity contribution >= 4 is 29.2 Å². The summed E-state index contributed by atoms with van der Waals surface area (Å²) in [6.07, 6.45) is 0. The standard InChI is InChI=1S/C17H17ClN4O3/c1-3-25-16(23)11-8(2)20-15-13(14(19)21-17(24)22-15)12(11)9-5-4-6-10(18)7-9/h4-7,12H,3H2,1-2H3,(H4,19,20,21,22,24). The number of nitrogens with one attached hydrogen (secondary N) is 2. The number of aromatic amines is 1. The Kier molecular flexibility index (Phi) is 4.50. The number of ether oxygens (including phenoxy) is 1. The molecule has 2 heterocycles. The zero-order chi connectivity index (χ0) is 18.1. The molecule has 3 rings (SSSR count). The molecule has 130 valence electrons. The Labute approximate surface area is 148 Å². The number of nitrogens with zero attached hydrogens (tertiary/aromatic N) is 1. The Bertz CT molecular complexity index is 936. The highest BCUT2D eigenvalue weighted by molar-refractivity contribution is 6.30. The van der Waals surface area contributed by atoms with Gasteiger partial charge in [0.05, 0.1) is 18.1 Å². The lowest BCUT2D eigenvalue weighted by Gasteiger charge is -2.29. The normalized spacial score (nSPS) is 16.2. The quantitative estimate of drug-likeness (QED) is 0.725. The molecule has 1 aromatic heterocycles. The number of carbonyl (C=O) groups is 1. The summed E-state index contributed by atoms with van der Waals surface area (Å²) >= 11 is 6.13. The Morgan fingerprint density at radius 1 is 1.44 bits per heavy atom. The number of fused-ring (bicyclic) bond motifs is 1. The molecular weight excluding hydrogens is 344 g/mol. The van der Waals surface area contributed by atoms with E-state index in [1.165, 1.54) is 0 Å². The topological polar surface area (TPSA) is 110 Å². The molecule has 0 saturated carbocycles. The van der Waals surface area contributed by atoms with E-state index in [-0.39, 0.29) is 12.4 Å². The fourth-order valence-electron chi connectivity index (χ4n) is 2.99. The highest BCUT2D eigenvalue weighted by atomic mass is 35.5. The van der Waals surface area contributed by atoms with E-state index in [0.717, 1.165) is 5.56 Å². The SMILES string of the molecule is CCOC(=O)C1=C(C)Nc2nc(=O)[nH]c(N)c2C1c1cccc(Cl)c1.